The number of halogens is 1. The summed E-state index contributed by atoms with van der Waals surface area (Å²) in [6, 6.07) is 8.86. The highest BCUT2D eigenvalue weighted by atomic mass is 35.5. The van der Waals surface area contributed by atoms with Crippen molar-refractivity contribution in [3.05, 3.63) is 59.0 Å². The Bertz CT molecular complexity index is 1000. The van der Waals surface area contributed by atoms with Gasteiger partial charge in [-0.3, -0.25) is 14.3 Å². The van der Waals surface area contributed by atoms with Crippen molar-refractivity contribution in [3.8, 4) is 17.0 Å². The van der Waals surface area contributed by atoms with Crippen LogP contribution < -0.4 is 5.32 Å². The van der Waals surface area contributed by atoms with E-state index in [-0.39, 0.29) is 11.4 Å². The Morgan fingerprint density at radius 1 is 1.21 bits per heavy atom. The quantitative estimate of drug-likeness (QED) is 0.549. The van der Waals surface area contributed by atoms with Crippen molar-refractivity contribution < 1.29 is 19.8 Å². The third-order valence-electron chi connectivity index (χ3n) is 3.86. The van der Waals surface area contributed by atoms with Gasteiger partial charge in [0.15, 0.2) is 5.69 Å². The summed E-state index contributed by atoms with van der Waals surface area (Å²) >= 11 is 5.87. The van der Waals surface area contributed by atoms with Gasteiger partial charge in [0.2, 0.25) is 0 Å². The van der Waals surface area contributed by atoms with Gasteiger partial charge in [0, 0.05) is 23.3 Å². The number of hydrogen-bond acceptors (Lipinski definition) is 6. The summed E-state index contributed by atoms with van der Waals surface area (Å²) in [5.74, 6) is -2.35. The highest BCUT2D eigenvalue weighted by Crippen LogP contribution is 2.23. The van der Waals surface area contributed by atoms with Gasteiger partial charge in [0.1, 0.15) is 18.0 Å². The van der Waals surface area contributed by atoms with Crippen LogP contribution in [0.2, 0.25) is 5.02 Å². The predicted octanol–water partition coefficient (Wildman–Crippen LogP) is 1.76. The second-order valence-corrected chi connectivity index (χ2v) is 6.35. The number of carbonyl (C=O) groups is 2. The van der Waals surface area contributed by atoms with Crippen LogP contribution in [0.25, 0.3) is 11.3 Å². The molecule has 0 aliphatic carbocycles. The Hall–Kier alpha value is -3.46. The molecule has 0 saturated carbocycles. The highest BCUT2D eigenvalue weighted by molar-refractivity contribution is 6.30. The van der Waals surface area contributed by atoms with Crippen molar-refractivity contribution in [2.24, 2.45) is 0 Å². The van der Waals surface area contributed by atoms with E-state index in [0.29, 0.717) is 22.8 Å². The summed E-state index contributed by atoms with van der Waals surface area (Å²) in [5.41, 5.74) is 1.80. The fourth-order valence-electron chi connectivity index (χ4n) is 2.44. The molecule has 3 rings (SSSR count). The number of rotatable bonds is 7. The van der Waals surface area contributed by atoms with Gasteiger partial charge in [-0.2, -0.15) is 0 Å². The zero-order chi connectivity index (χ0) is 20.1. The summed E-state index contributed by atoms with van der Waals surface area (Å²) in [7, 11) is 0. The first-order chi connectivity index (χ1) is 13.4. The van der Waals surface area contributed by atoms with Gasteiger partial charge in [-0.1, -0.05) is 28.9 Å². The van der Waals surface area contributed by atoms with E-state index in [1.807, 2.05) is 24.3 Å². The van der Waals surface area contributed by atoms with Crippen molar-refractivity contribution >= 4 is 23.5 Å². The molecule has 3 aromatic rings. The second-order valence-electron chi connectivity index (χ2n) is 5.91. The molecular weight excluding hydrogens is 386 g/mol. The van der Waals surface area contributed by atoms with Crippen molar-refractivity contribution in [1.29, 1.82) is 0 Å². The number of pyridine rings is 1. The summed E-state index contributed by atoms with van der Waals surface area (Å²) in [6.07, 6.45) is 3.81. The maximum absolute atomic E-state index is 11.8. The number of nitrogens with one attached hydrogen (secondary N) is 1. The number of carbonyl (C=O) groups excluding carboxylic acids is 1. The first-order valence-corrected chi connectivity index (χ1v) is 8.64. The third kappa shape index (κ3) is 4.83. The minimum Gasteiger partial charge on any atom is -0.505 e. The zero-order valence-corrected chi connectivity index (χ0v) is 15.3. The molecule has 0 spiro atoms. The topological polar surface area (TPSA) is 130 Å². The molecule has 0 radical (unpaired) electrons. The van der Waals surface area contributed by atoms with E-state index in [0.717, 1.165) is 12.0 Å². The summed E-state index contributed by atoms with van der Waals surface area (Å²) in [5, 5.41) is 29.5. The molecule has 3 N–H and O–H groups in total. The minimum absolute atomic E-state index is 0.264. The molecule has 0 fully saturated rings. The van der Waals surface area contributed by atoms with Crippen LogP contribution in [0.4, 0.5) is 0 Å². The molecule has 0 saturated heterocycles. The average Bonchev–Trinajstić information content (AvgIpc) is 3.14. The van der Waals surface area contributed by atoms with Gasteiger partial charge in [-0.15, -0.1) is 5.10 Å². The lowest BCUT2D eigenvalue weighted by Crippen LogP contribution is -2.29. The summed E-state index contributed by atoms with van der Waals surface area (Å²) in [6.45, 7) is 0.0351. The number of aryl methyl sites for hydroxylation is 2. The van der Waals surface area contributed by atoms with Crippen molar-refractivity contribution in [2.75, 3.05) is 6.54 Å². The van der Waals surface area contributed by atoms with Gasteiger partial charge in [-0.05, 0) is 30.2 Å². The Labute approximate surface area is 164 Å². The first kappa shape index (κ1) is 19.3. The Morgan fingerprint density at radius 3 is 2.64 bits per heavy atom. The number of carboxylic acid groups (broad SMARTS) is 1. The SMILES string of the molecule is O=C(O)CNC(=O)c1ncc(-c2cn(CCc3ccc(Cl)cc3)nn2)cc1O. The molecule has 2 heterocycles. The van der Waals surface area contributed by atoms with Gasteiger partial charge in [0.25, 0.3) is 5.91 Å². The van der Waals surface area contributed by atoms with Crippen LogP contribution in [0.5, 0.6) is 5.75 Å². The van der Waals surface area contributed by atoms with Crippen LogP contribution >= 0.6 is 11.6 Å². The molecule has 1 aromatic carbocycles. The largest absolute Gasteiger partial charge is 0.505 e. The molecule has 0 bridgehead atoms. The molecule has 0 atom stereocenters. The number of aliphatic carboxylic acids is 1. The van der Waals surface area contributed by atoms with E-state index < -0.39 is 18.4 Å². The lowest BCUT2D eigenvalue weighted by atomic mass is 10.1. The van der Waals surface area contributed by atoms with Crippen LogP contribution in [0.15, 0.2) is 42.7 Å². The minimum atomic E-state index is -1.19. The Morgan fingerprint density at radius 2 is 1.96 bits per heavy atom. The molecule has 0 aliphatic rings. The standard InChI is InChI=1S/C18H16ClN5O4/c19-13-3-1-11(2-4-13)5-6-24-10-14(22-23-24)12-7-15(25)17(20-8-12)18(28)21-9-16(26)27/h1-4,7-8,10,25H,5-6,9H2,(H,21,28)(H,26,27). The molecule has 0 aliphatic heterocycles. The van der Waals surface area contributed by atoms with Gasteiger partial charge in [-0.25, -0.2) is 4.98 Å². The van der Waals surface area contributed by atoms with Gasteiger partial charge in [0.05, 0.1) is 6.20 Å². The second kappa shape index (κ2) is 8.49. The molecular formula is C18H16ClN5O4. The normalized spacial score (nSPS) is 10.6. The van der Waals surface area contributed by atoms with Crippen LogP contribution in [-0.4, -0.2) is 48.6 Å². The van der Waals surface area contributed by atoms with Crippen LogP contribution in [0.1, 0.15) is 16.1 Å². The molecule has 10 heteroatoms. The van der Waals surface area contributed by atoms with E-state index in [2.05, 4.69) is 20.6 Å². The summed E-state index contributed by atoms with van der Waals surface area (Å²) in [4.78, 5) is 26.2. The fourth-order valence-corrected chi connectivity index (χ4v) is 2.57. The number of aromatic hydroxyl groups is 1. The summed E-state index contributed by atoms with van der Waals surface area (Å²) < 4.78 is 1.66. The lowest BCUT2D eigenvalue weighted by Gasteiger charge is -2.05. The third-order valence-corrected chi connectivity index (χ3v) is 4.11. The van der Waals surface area contributed by atoms with Gasteiger partial charge < -0.3 is 15.5 Å². The molecule has 9 nitrogen and oxygen atoms in total. The molecule has 2 aromatic heterocycles. The van der Waals surface area contributed by atoms with Crippen LogP contribution in [0, 0.1) is 0 Å². The monoisotopic (exact) mass is 401 g/mol. The average molecular weight is 402 g/mol. The van der Waals surface area contributed by atoms with Crippen molar-refractivity contribution in [2.45, 2.75) is 13.0 Å². The highest BCUT2D eigenvalue weighted by Gasteiger charge is 2.16. The lowest BCUT2D eigenvalue weighted by molar-refractivity contribution is -0.135. The maximum atomic E-state index is 11.8. The van der Waals surface area contributed by atoms with E-state index in [1.165, 1.54) is 12.3 Å². The van der Waals surface area contributed by atoms with Gasteiger partial charge >= 0.3 is 5.97 Å². The number of aromatic nitrogens is 4. The molecule has 144 valence electrons. The van der Waals surface area contributed by atoms with E-state index in [4.69, 9.17) is 16.7 Å². The smallest absolute Gasteiger partial charge is 0.322 e. The molecule has 1 amide bonds. The zero-order valence-electron chi connectivity index (χ0n) is 14.5. The van der Waals surface area contributed by atoms with Crippen LogP contribution in [0.3, 0.4) is 0 Å². The van der Waals surface area contributed by atoms with E-state index >= 15 is 0 Å². The molecule has 0 unspecified atom stereocenters. The maximum Gasteiger partial charge on any atom is 0.322 e. The number of hydrogen-bond donors (Lipinski definition) is 3. The van der Waals surface area contributed by atoms with E-state index in [9.17, 15) is 14.7 Å². The van der Waals surface area contributed by atoms with Crippen molar-refractivity contribution in [1.82, 2.24) is 25.3 Å². The predicted molar refractivity (Wildman–Crippen MR) is 100 cm³/mol. The first-order valence-electron chi connectivity index (χ1n) is 8.26. The van der Waals surface area contributed by atoms with E-state index in [1.54, 1.807) is 10.9 Å². The molecule has 28 heavy (non-hydrogen) atoms. The number of amides is 1. The van der Waals surface area contributed by atoms with Crippen molar-refractivity contribution in [3.63, 3.8) is 0 Å². The Balaban J connectivity index is 1.67. The number of carboxylic acids is 1. The Kier molecular flexibility index (Phi) is 5.85. The van der Waals surface area contributed by atoms with Crippen LogP contribution in [-0.2, 0) is 17.8 Å². The fraction of sp³-hybridized carbons (Fsp3) is 0.167. The number of nitrogens with zero attached hydrogens (tertiary/aromatic N) is 4. The number of benzene rings is 1.